The second-order valence-corrected chi connectivity index (χ2v) is 14.2. The van der Waals surface area contributed by atoms with Gasteiger partial charge in [0, 0.05) is 32.9 Å². The van der Waals surface area contributed by atoms with Crippen molar-refractivity contribution in [2.75, 3.05) is 0 Å². The van der Waals surface area contributed by atoms with Crippen LogP contribution < -0.4 is 0 Å². The molecule has 1 aliphatic rings. The fourth-order valence-corrected chi connectivity index (χ4v) is 8.33. The van der Waals surface area contributed by atoms with Gasteiger partial charge in [0.2, 0.25) is 5.95 Å². The zero-order chi connectivity index (χ0) is 34.8. The molecule has 0 unspecified atom stereocenters. The first-order valence-corrected chi connectivity index (χ1v) is 17.9. The molecule has 10 rings (SSSR count). The predicted octanol–water partition coefficient (Wildman–Crippen LogP) is 12.5. The number of hydrogen-bond acceptors (Lipinski definition) is 2. The van der Waals surface area contributed by atoms with E-state index in [2.05, 4.69) is 182 Å². The molecule has 0 radical (unpaired) electrons. The minimum absolute atomic E-state index is 0.0825. The predicted molar refractivity (Wildman–Crippen MR) is 216 cm³/mol. The van der Waals surface area contributed by atoms with Gasteiger partial charge in [-0.3, -0.25) is 4.57 Å². The number of para-hydroxylation sites is 2. The first-order valence-electron chi connectivity index (χ1n) is 17.9. The van der Waals surface area contributed by atoms with Crippen LogP contribution in [0.25, 0.3) is 83.6 Å². The van der Waals surface area contributed by atoms with Crippen LogP contribution in [-0.4, -0.2) is 14.5 Å². The van der Waals surface area contributed by atoms with Gasteiger partial charge in [-0.05, 0) is 57.1 Å². The Labute approximate surface area is 303 Å². The van der Waals surface area contributed by atoms with Gasteiger partial charge in [-0.2, -0.15) is 0 Å². The van der Waals surface area contributed by atoms with E-state index in [1.165, 1.54) is 49.7 Å². The third-order valence-electron chi connectivity index (χ3n) is 10.9. The van der Waals surface area contributed by atoms with Crippen molar-refractivity contribution in [3.05, 3.63) is 187 Å². The van der Waals surface area contributed by atoms with Crippen molar-refractivity contribution in [2.24, 2.45) is 0 Å². The highest BCUT2D eigenvalue weighted by molar-refractivity contribution is 6.14. The van der Waals surface area contributed by atoms with E-state index in [1.54, 1.807) is 0 Å². The molecule has 3 nitrogen and oxygen atoms in total. The van der Waals surface area contributed by atoms with Crippen LogP contribution in [0, 0.1) is 0 Å². The van der Waals surface area contributed by atoms with Gasteiger partial charge in [0.15, 0.2) is 0 Å². The first kappa shape index (κ1) is 30.3. The lowest BCUT2D eigenvalue weighted by Crippen LogP contribution is -2.14. The molecule has 2 aromatic heterocycles. The van der Waals surface area contributed by atoms with Gasteiger partial charge in [0.05, 0.1) is 22.4 Å². The zero-order valence-electron chi connectivity index (χ0n) is 29.1. The fraction of sp³-hybridized carbons (Fsp3) is 0.0612. The highest BCUT2D eigenvalue weighted by atomic mass is 15.2. The normalized spacial score (nSPS) is 13.0. The molecule has 246 valence electrons. The second kappa shape index (κ2) is 11.8. The van der Waals surface area contributed by atoms with E-state index in [0.717, 1.165) is 39.1 Å². The van der Waals surface area contributed by atoms with Crippen molar-refractivity contribution in [1.29, 1.82) is 0 Å². The minimum Gasteiger partial charge on any atom is -0.277 e. The van der Waals surface area contributed by atoms with Crippen LogP contribution in [0.1, 0.15) is 25.0 Å². The summed E-state index contributed by atoms with van der Waals surface area (Å²) in [6.45, 7) is 4.69. The Balaban J connectivity index is 1.23. The molecule has 0 bridgehead atoms. The van der Waals surface area contributed by atoms with Crippen LogP contribution in [-0.2, 0) is 5.41 Å². The molecule has 0 atom stereocenters. The van der Waals surface area contributed by atoms with Crippen molar-refractivity contribution >= 4 is 21.8 Å². The van der Waals surface area contributed by atoms with Crippen molar-refractivity contribution in [3.63, 3.8) is 0 Å². The van der Waals surface area contributed by atoms with E-state index in [1.807, 2.05) is 12.1 Å². The van der Waals surface area contributed by atoms with Gasteiger partial charge < -0.3 is 0 Å². The van der Waals surface area contributed by atoms with Gasteiger partial charge in [-0.1, -0.05) is 172 Å². The van der Waals surface area contributed by atoms with Crippen LogP contribution in [0.3, 0.4) is 0 Å². The zero-order valence-corrected chi connectivity index (χ0v) is 29.1. The summed E-state index contributed by atoms with van der Waals surface area (Å²) in [5, 5.41) is 2.34. The number of nitrogens with zero attached hydrogens (tertiary/aromatic N) is 3. The highest BCUT2D eigenvalue weighted by Crippen LogP contribution is 2.50. The SMILES string of the molecule is CC1(C)c2ccccc2-c2ccc(-c3ccccc3-c3cccc4c5ccccc5n(-c5nc(-c6ccccc6)cc(-c6ccccc6)n5)c34)cc21. The Morgan fingerprint density at radius 2 is 0.962 bits per heavy atom. The summed E-state index contributed by atoms with van der Waals surface area (Å²) in [6.07, 6.45) is 0. The number of fused-ring (bicyclic) bond motifs is 6. The molecule has 52 heavy (non-hydrogen) atoms. The van der Waals surface area contributed by atoms with Crippen LogP contribution in [0.2, 0.25) is 0 Å². The third-order valence-corrected chi connectivity index (χ3v) is 10.9. The summed E-state index contributed by atoms with van der Waals surface area (Å²) in [7, 11) is 0. The lowest BCUT2D eigenvalue weighted by molar-refractivity contribution is 0.660. The fourth-order valence-electron chi connectivity index (χ4n) is 8.33. The maximum Gasteiger partial charge on any atom is 0.235 e. The van der Waals surface area contributed by atoms with E-state index < -0.39 is 0 Å². The monoisotopic (exact) mass is 665 g/mol. The molecule has 0 spiro atoms. The van der Waals surface area contributed by atoms with Gasteiger partial charge >= 0.3 is 0 Å². The van der Waals surface area contributed by atoms with Crippen LogP contribution in [0.5, 0.6) is 0 Å². The first-order chi connectivity index (χ1) is 25.6. The quantitative estimate of drug-likeness (QED) is 0.183. The molecule has 7 aromatic carbocycles. The molecular weight excluding hydrogens is 631 g/mol. The largest absolute Gasteiger partial charge is 0.277 e. The number of benzene rings is 7. The van der Waals surface area contributed by atoms with Crippen molar-refractivity contribution in [1.82, 2.24) is 14.5 Å². The Hall–Kier alpha value is -6.58. The molecule has 0 amide bonds. The lowest BCUT2D eigenvalue weighted by Gasteiger charge is -2.22. The number of rotatable bonds is 5. The molecule has 2 heterocycles. The minimum atomic E-state index is -0.0825. The van der Waals surface area contributed by atoms with Gasteiger partial charge in [0.25, 0.3) is 0 Å². The average molecular weight is 666 g/mol. The van der Waals surface area contributed by atoms with Crippen LogP contribution in [0.15, 0.2) is 176 Å². The van der Waals surface area contributed by atoms with Gasteiger partial charge in [-0.25, -0.2) is 9.97 Å². The molecule has 0 fully saturated rings. The molecule has 0 aliphatic heterocycles. The summed E-state index contributed by atoms with van der Waals surface area (Å²) < 4.78 is 2.28. The van der Waals surface area contributed by atoms with E-state index in [0.29, 0.717) is 5.95 Å². The van der Waals surface area contributed by atoms with E-state index >= 15 is 0 Å². The maximum absolute atomic E-state index is 5.31. The summed E-state index contributed by atoms with van der Waals surface area (Å²) in [5.74, 6) is 0.647. The Kier molecular flexibility index (Phi) is 6.84. The second-order valence-electron chi connectivity index (χ2n) is 14.2. The summed E-state index contributed by atoms with van der Waals surface area (Å²) in [4.78, 5) is 10.6. The highest BCUT2D eigenvalue weighted by Gasteiger charge is 2.35. The molecule has 0 saturated heterocycles. The summed E-state index contributed by atoms with van der Waals surface area (Å²) in [6, 6.07) is 62.9. The van der Waals surface area contributed by atoms with E-state index in [-0.39, 0.29) is 5.41 Å². The topological polar surface area (TPSA) is 30.7 Å². The third kappa shape index (κ3) is 4.66. The van der Waals surface area contributed by atoms with Crippen LogP contribution >= 0.6 is 0 Å². The summed E-state index contributed by atoms with van der Waals surface area (Å²) >= 11 is 0. The smallest absolute Gasteiger partial charge is 0.235 e. The van der Waals surface area contributed by atoms with E-state index in [4.69, 9.17) is 9.97 Å². The van der Waals surface area contributed by atoms with Crippen molar-refractivity contribution in [2.45, 2.75) is 19.3 Å². The molecule has 1 aliphatic carbocycles. The lowest BCUT2D eigenvalue weighted by atomic mass is 9.81. The molecular formula is C49H35N3. The van der Waals surface area contributed by atoms with E-state index in [9.17, 15) is 0 Å². The Morgan fingerprint density at radius 3 is 1.69 bits per heavy atom. The maximum atomic E-state index is 5.31. The number of hydrogen-bond donors (Lipinski definition) is 0. The molecule has 9 aromatic rings. The van der Waals surface area contributed by atoms with Gasteiger partial charge in [-0.15, -0.1) is 0 Å². The molecule has 0 saturated carbocycles. The molecule has 3 heteroatoms. The average Bonchev–Trinajstić information content (AvgIpc) is 3.67. The Bertz CT molecular complexity index is 2750. The molecule has 0 N–H and O–H groups in total. The van der Waals surface area contributed by atoms with Gasteiger partial charge in [0.1, 0.15) is 0 Å². The Morgan fingerprint density at radius 1 is 0.404 bits per heavy atom. The van der Waals surface area contributed by atoms with Crippen molar-refractivity contribution < 1.29 is 0 Å². The van der Waals surface area contributed by atoms with Crippen LogP contribution in [0.4, 0.5) is 0 Å². The summed E-state index contributed by atoms with van der Waals surface area (Å²) in [5.41, 5.74) is 16.1. The standard InChI is InChI=1S/C49H35N3/c1-49(2)42-26-13-11-22-37(42)38-29-28-34(30-43(38)49)35-20-9-10-21-36(35)40-24-15-25-41-39-23-12-14-27-46(39)52(47(40)41)48-50-44(32-16-5-3-6-17-32)31-45(51-48)33-18-7-4-8-19-33/h3-31H,1-2H3. The number of aromatic nitrogens is 3. The van der Waals surface area contributed by atoms with Crippen molar-refractivity contribution in [3.8, 4) is 61.8 Å².